The number of carbonyl (C=O) groups excluding carboxylic acids is 1. The monoisotopic (exact) mass is 332 g/mol. The largest absolute Gasteiger partial charge is 0.441 e. The van der Waals surface area contributed by atoms with Crippen molar-refractivity contribution in [3.63, 3.8) is 0 Å². The van der Waals surface area contributed by atoms with E-state index in [1.54, 1.807) is 66.8 Å². The zero-order valence-corrected chi connectivity index (χ0v) is 13.6. The van der Waals surface area contributed by atoms with E-state index in [2.05, 4.69) is 16.4 Å². The molecule has 0 saturated heterocycles. The van der Waals surface area contributed by atoms with Gasteiger partial charge in [0.25, 0.3) is 5.91 Å². The molecule has 0 unspecified atom stereocenters. The van der Waals surface area contributed by atoms with Crippen molar-refractivity contribution in [3.8, 4) is 11.8 Å². The first kappa shape index (κ1) is 16.3. The summed E-state index contributed by atoms with van der Waals surface area (Å²) >= 11 is 0. The maximum atomic E-state index is 12.5. The normalized spacial score (nSPS) is 13.0. The average Bonchev–Trinajstić information content (AvgIpc) is 2.69. The fraction of sp³-hybridized carbons (Fsp3) is 0.105. The van der Waals surface area contributed by atoms with Gasteiger partial charge in [-0.05, 0) is 48.6 Å². The number of benzene rings is 1. The van der Waals surface area contributed by atoms with E-state index in [0.29, 0.717) is 29.3 Å². The number of anilines is 1. The molecule has 2 heterocycles. The fourth-order valence-corrected chi connectivity index (χ4v) is 2.30. The number of likely N-dealkylation sites (N-methyl/N-ethyl adjacent to an activating group) is 1. The molecule has 124 valence electrons. The predicted octanol–water partition coefficient (Wildman–Crippen LogP) is 2.37. The molecule has 1 amide bonds. The Bertz CT molecular complexity index is 865. The quantitative estimate of drug-likeness (QED) is 0.930. The number of carbonyl (C=O) groups is 1. The number of amides is 1. The molecule has 0 fully saturated rings. The number of nitrogens with one attached hydrogen (secondary N) is 1. The number of pyridine rings is 1. The van der Waals surface area contributed by atoms with Crippen molar-refractivity contribution in [3.05, 3.63) is 78.0 Å². The van der Waals surface area contributed by atoms with Gasteiger partial charge in [-0.25, -0.2) is 0 Å². The molecule has 1 aromatic carbocycles. The molecular weight excluding hydrogens is 316 g/mol. The van der Waals surface area contributed by atoms with Gasteiger partial charge in [0.2, 0.25) is 0 Å². The molecule has 1 aliphatic heterocycles. The smallest absolute Gasteiger partial charge is 0.255 e. The number of nitriles is 1. The molecular formula is C19H16N4O2. The summed E-state index contributed by atoms with van der Waals surface area (Å²) in [7, 11) is 1.71. The van der Waals surface area contributed by atoms with Gasteiger partial charge in [0.05, 0.1) is 23.5 Å². The van der Waals surface area contributed by atoms with Crippen LogP contribution in [-0.2, 0) is 4.79 Å². The fourth-order valence-electron chi connectivity index (χ4n) is 2.30. The van der Waals surface area contributed by atoms with Crippen LogP contribution in [-0.4, -0.2) is 24.5 Å². The first-order chi connectivity index (χ1) is 12.2. The standard InChI is InChI=1S/C19H16N4O2/c1-23(16-3-2-10-21-13-16)19(24)15-6-9-18(22-12-15)25-17-7-4-14(11-20)5-8-17/h2-10,13,22H,12H2,1H3. The molecule has 6 heteroatoms. The molecule has 1 N–H and O–H groups in total. The summed E-state index contributed by atoms with van der Waals surface area (Å²) in [5.74, 6) is 1.06. The maximum Gasteiger partial charge on any atom is 0.255 e. The zero-order chi connectivity index (χ0) is 17.6. The third kappa shape index (κ3) is 3.85. The molecule has 25 heavy (non-hydrogen) atoms. The zero-order valence-electron chi connectivity index (χ0n) is 13.6. The summed E-state index contributed by atoms with van der Waals surface area (Å²) in [4.78, 5) is 18.1. The predicted molar refractivity (Wildman–Crippen MR) is 93.6 cm³/mol. The van der Waals surface area contributed by atoms with Crippen LogP contribution < -0.4 is 15.0 Å². The lowest BCUT2D eigenvalue weighted by Crippen LogP contribution is -2.34. The van der Waals surface area contributed by atoms with Crippen molar-refractivity contribution < 1.29 is 9.53 Å². The topological polar surface area (TPSA) is 78.2 Å². The Labute approximate surface area is 145 Å². The van der Waals surface area contributed by atoms with E-state index in [0.717, 1.165) is 5.69 Å². The van der Waals surface area contributed by atoms with E-state index in [1.807, 2.05) is 6.07 Å². The third-order valence-electron chi connectivity index (χ3n) is 3.71. The molecule has 6 nitrogen and oxygen atoms in total. The molecule has 0 bridgehead atoms. The number of nitrogens with zero attached hydrogens (tertiary/aromatic N) is 3. The highest BCUT2D eigenvalue weighted by Gasteiger charge is 2.18. The highest BCUT2D eigenvalue weighted by atomic mass is 16.5. The van der Waals surface area contributed by atoms with Gasteiger partial charge in [0.15, 0.2) is 5.88 Å². The SMILES string of the molecule is CN(C(=O)C1=CC=C(Oc2ccc(C#N)cc2)NC1)c1cccnc1. The van der Waals surface area contributed by atoms with E-state index < -0.39 is 0 Å². The number of dihydropyridines is 1. The van der Waals surface area contributed by atoms with Crippen LogP contribution in [0.2, 0.25) is 0 Å². The Hall–Kier alpha value is -3.59. The summed E-state index contributed by atoms with van der Waals surface area (Å²) in [6, 6.07) is 12.5. The second-order valence-electron chi connectivity index (χ2n) is 5.39. The number of ether oxygens (including phenoxy) is 1. The number of hydrogen-bond donors (Lipinski definition) is 1. The van der Waals surface area contributed by atoms with E-state index in [1.165, 1.54) is 0 Å². The Balaban J connectivity index is 1.67. The van der Waals surface area contributed by atoms with Gasteiger partial charge in [-0.15, -0.1) is 0 Å². The van der Waals surface area contributed by atoms with Gasteiger partial charge in [-0.1, -0.05) is 0 Å². The van der Waals surface area contributed by atoms with Gasteiger partial charge in [0, 0.05) is 25.4 Å². The van der Waals surface area contributed by atoms with E-state index in [-0.39, 0.29) is 5.91 Å². The van der Waals surface area contributed by atoms with Crippen molar-refractivity contribution in [1.29, 1.82) is 5.26 Å². The first-order valence-corrected chi connectivity index (χ1v) is 7.68. The molecule has 3 rings (SSSR count). The maximum absolute atomic E-state index is 12.5. The minimum atomic E-state index is -0.103. The van der Waals surface area contributed by atoms with Gasteiger partial charge in [0.1, 0.15) is 5.75 Å². The van der Waals surface area contributed by atoms with Crippen molar-refractivity contribution in [1.82, 2.24) is 10.3 Å². The van der Waals surface area contributed by atoms with E-state index >= 15 is 0 Å². The second-order valence-corrected chi connectivity index (χ2v) is 5.39. The molecule has 0 aliphatic carbocycles. The van der Waals surface area contributed by atoms with Crippen LogP contribution in [0.1, 0.15) is 5.56 Å². The van der Waals surface area contributed by atoms with Crippen LogP contribution in [0.5, 0.6) is 5.75 Å². The lowest BCUT2D eigenvalue weighted by Gasteiger charge is -2.22. The number of aromatic nitrogens is 1. The van der Waals surface area contributed by atoms with Gasteiger partial charge in [-0.2, -0.15) is 5.26 Å². The lowest BCUT2D eigenvalue weighted by atomic mass is 10.1. The summed E-state index contributed by atoms with van der Waals surface area (Å²) < 4.78 is 5.69. The van der Waals surface area contributed by atoms with Crippen molar-refractivity contribution >= 4 is 11.6 Å². The molecule has 0 saturated carbocycles. The molecule has 1 aliphatic rings. The van der Waals surface area contributed by atoms with Crippen LogP contribution in [0.4, 0.5) is 5.69 Å². The van der Waals surface area contributed by atoms with Crippen molar-refractivity contribution in [2.45, 2.75) is 0 Å². The Morgan fingerprint density at radius 1 is 1.28 bits per heavy atom. The van der Waals surface area contributed by atoms with Gasteiger partial charge in [-0.3, -0.25) is 9.78 Å². The minimum Gasteiger partial charge on any atom is -0.441 e. The second kappa shape index (κ2) is 7.32. The minimum absolute atomic E-state index is 0.103. The third-order valence-corrected chi connectivity index (χ3v) is 3.71. The molecule has 0 spiro atoms. The number of allylic oxidation sites excluding steroid dienone is 2. The number of rotatable bonds is 4. The molecule has 1 aromatic heterocycles. The summed E-state index contributed by atoms with van der Waals surface area (Å²) in [6.45, 7) is 0.367. The summed E-state index contributed by atoms with van der Waals surface area (Å²) in [6.07, 6.45) is 6.76. The van der Waals surface area contributed by atoms with Crippen LogP contribution in [0.25, 0.3) is 0 Å². The Morgan fingerprint density at radius 2 is 2.08 bits per heavy atom. The summed E-state index contributed by atoms with van der Waals surface area (Å²) in [5.41, 5.74) is 1.93. The summed E-state index contributed by atoms with van der Waals surface area (Å²) in [5, 5.41) is 11.9. The Morgan fingerprint density at radius 3 is 2.68 bits per heavy atom. The molecule has 0 radical (unpaired) electrons. The van der Waals surface area contributed by atoms with Crippen LogP contribution in [0.3, 0.4) is 0 Å². The average molecular weight is 332 g/mol. The number of hydrogen-bond acceptors (Lipinski definition) is 5. The van der Waals surface area contributed by atoms with Gasteiger partial charge < -0.3 is 15.0 Å². The van der Waals surface area contributed by atoms with Crippen LogP contribution >= 0.6 is 0 Å². The highest BCUT2D eigenvalue weighted by Crippen LogP contribution is 2.17. The lowest BCUT2D eigenvalue weighted by molar-refractivity contribution is -0.114. The molecule has 0 atom stereocenters. The van der Waals surface area contributed by atoms with Crippen molar-refractivity contribution in [2.75, 3.05) is 18.5 Å². The Kier molecular flexibility index (Phi) is 4.77. The van der Waals surface area contributed by atoms with Gasteiger partial charge >= 0.3 is 0 Å². The molecule has 2 aromatic rings. The van der Waals surface area contributed by atoms with Crippen LogP contribution in [0.15, 0.2) is 72.4 Å². The van der Waals surface area contributed by atoms with Crippen LogP contribution in [0, 0.1) is 11.3 Å². The highest BCUT2D eigenvalue weighted by molar-refractivity contribution is 6.05. The van der Waals surface area contributed by atoms with E-state index in [9.17, 15) is 4.79 Å². The van der Waals surface area contributed by atoms with E-state index in [4.69, 9.17) is 10.00 Å². The van der Waals surface area contributed by atoms with Crippen molar-refractivity contribution in [2.24, 2.45) is 0 Å². The first-order valence-electron chi connectivity index (χ1n) is 7.68.